The second kappa shape index (κ2) is 9.19. The molecule has 0 bridgehead atoms. The molecular formula is C45H30O. The first kappa shape index (κ1) is 25.6. The normalized spacial score (nSPS) is 13.8. The number of rotatable bonds is 2. The molecule has 0 unspecified atom stereocenters. The highest BCUT2D eigenvalue weighted by Gasteiger charge is 2.38. The van der Waals surface area contributed by atoms with Crippen molar-refractivity contribution in [3.8, 4) is 56.0 Å². The Hall–Kier alpha value is -5.66. The van der Waals surface area contributed by atoms with Gasteiger partial charge in [-0.1, -0.05) is 135 Å². The van der Waals surface area contributed by atoms with Gasteiger partial charge in [-0.15, -0.1) is 0 Å². The van der Waals surface area contributed by atoms with Gasteiger partial charge in [0.2, 0.25) is 0 Å². The van der Waals surface area contributed by atoms with Crippen LogP contribution in [0.25, 0.3) is 76.8 Å². The Balaban J connectivity index is 1.23. The summed E-state index contributed by atoms with van der Waals surface area (Å²) < 4.78 is 6.41. The van der Waals surface area contributed by atoms with Crippen LogP contribution in [0.5, 0.6) is 11.5 Å². The Kier molecular flexibility index (Phi) is 5.12. The summed E-state index contributed by atoms with van der Waals surface area (Å²) >= 11 is 0. The van der Waals surface area contributed by atoms with Crippen molar-refractivity contribution in [2.24, 2.45) is 0 Å². The molecule has 0 spiro atoms. The van der Waals surface area contributed by atoms with Crippen LogP contribution in [0.2, 0.25) is 0 Å². The highest BCUT2D eigenvalue weighted by Crippen LogP contribution is 2.56. The Morgan fingerprint density at radius 1 is 0.413 bits per heavy atom. The molecule has 0 saturated carbocycles. The molecule has 2 aliphatic rings. The molecule has 1 nitrogen and oxygen atoms in total. The van der Waals surface area contributed by atoms with Gasteiger partial charge in [0.25, 0.3) is 0 Å². The van der Waals surface area contributed by atoms with Gasteiger partial charge in [-0.25, -0.2) is 0 Å². The maximum atomic E-state index is 6.41. The fraction of sp³-hybridized carbons (Fsp3) is 0.0667. The largest absolute Gasteiger partial charge is 0.456 e. The van der Waals surface area contributed by atoms with Gasteiger partial charge in [0.1, 0.15) is 11.5 Å². The van der Waals surface area contributed by atoms with E-state index in [1.165, 1.54) is 82.4 Å². The molecule has 10 rings (SSSR count). The van der Waals surface area contributed by atoms with E-state index in [2.05, 4.69) is 153 Å². The zero-order chi connectivity index (χ0) is 30.6. The van der Waals surface area contributed by atoms with Crippen LogP contribution >= 0.6 is 0 Å². The average Bonchev–Trinajstić information content (AvgIpc) is 3.32. The third-order valence-corrected chi connectivity index (χ3v) is 10.5. The van der Waals surface area contributed by atoms with Crippen LogP contribution in [0.1, 0.15) is 25.0 Å². The number of para-hydroxylation sites is 1. The van der Waals surface area contributed by atoms with Gasteiger partial charge in [0.15, 0.2) is 0 Å². The standard InChI is InChI=1S/C45H30O/c1-45(2)38-25-29(31-23-24-41-42-34(31)18-10-19-36(42)33-16-7-8-20-40(33)46-41)21-22-37(38)44-39(45)26-28-12-4-6-15-32(28)43(44)35-17-9-13-27-11-3-5-14-30(27)35/h3-26H,1-2H3. The van der Waals surface area contributed by atoms with Crippen molar-refractivity contribution in [2.75, 3.05) is 0 Å². The van der Waals surface area contributed by atoms with Gasteiger partial charge >= 0.3 is 0 Å². The quantitative estimate of drug-likeness (QED) is 0.196. The third kappa shape index (κ3) is 3.40. The second-order valence-electron chi connectivity index (χ2n) is 13.2. The molecule has 0 atom stereocenters. The lowest BCUT2D eigenvalue weighted by Gasteiger charge is -2.24. The van der Waals surface area contributed by atoms with E-state index in [-0.39, 0.29) is 5.41 Å². The number of hydrogen-bond donors (Lipinski definition) is 0. The van der Waals surface area contributed by atoms with Crippen molar-refractivity contribution >= 4 is 32.3 Å². The molecule has 8 aromatic carbocycles. The van der Waals surface area contributed by atoms with E-state index in [1.807, 2.05) is 6.07 Å². The van der Waals surface area contributed by atoms with Crippen molar-refractivity contribution < 1.29 is 4.74 Å². The predicted octanol–water partition coefficient (Wildman–Crippen LogP) is 12.6. The number of hydrogen-bond acceptors (Lipinski definition) is 1. The molecule has 0 N–H and O–H groups in total. The van der Waals surface area contributed by atoms with Crippen LogP contribution in [0.15, 0.2) is 146 Å². The van der Waals surface area contributed by atoms with Gasteiger partial charge < -0.3 is 4.74 Å². The number of fused-ring (bicyclic) bond motifs is 7. The lowest BCUT2D eigenvalue weighted by Crippen LogP contribution is -2.15. The molecule has 216 valence electrons. The van der Waals surface area contributed by atoms with E-state index in [0.29, 0.717) is 0 Å². The number of ether oxygens (including phenoxy) is 1. The summed E-state index contributed by atoms with van der Waals surface area (Å²) in [6.45, 7) is 4.79. The van der Waals surface area contributed by atoms with Crippen LogP contribution in [0, 0.1) is 0 Å². The van der Waals surface area contributed by atoms with E-state index < -0.39 is 0 Å². The molecular weight excluding hydrogens is 556 g/mol. The van der Waals surface area contributed by atoms with Crippen molar-refractivity contribution in [1.29, 1.82) is 0 Å². The van der Waals surface area contributed by atoms with E-state index in [9.17, 15) is 0 Å². The first-order valence-electron chi connectivity index (χ1n) is 16.1. The summed E-state index contributed by atoms with van der Waals surface area (Å²) in [5.74, 6) is 1.84. The maximum absolute atomic E-state index is 6.41. The van der Waals surface area contributed by atoms with Crippen LogP contribution in [-0.2, 0) is 5.41 Å². The minimum atomic E-state index is -0.168. The lowest BCUT2D eigenvalue weighted by molar-refractivity contribution is 0.487. The Bertz CT molecular complexity index is 2580. The molecule has 0 radical (unpaired) electrons. The van der Waals surface area contributed by atoms with Crippen molar-refractivity contribution in [2.45, 2.75) is 19.3 Å². The average molecular weight is 587 g/mol. The Morgan fingerprint density at radius 2 is 1.09 bits per heavy atom. The van der Waals surface area contributed by atoms with Gasteiger partial charge in [-0.2, -0.15) is 0 Å². The molecule has 46 heavy (non-hydrogen) atoms. The zero-order valence-electron chi connectivity index (χ0n) is 25.8. The smallest absolute Gasteiger partial charge is 0.135 e. The molecule has 1 heterocycles. The first-order valence-corrected chi connectivity index (χ1v) is 16.1. The molecule has 0 fully saturated rings. The predicted molar refractivity (Wildman–Crippen MR) is 193 cm³/mol. The molecule has 1 aliphatic heterocycles. The lowest BCUT2D eigenvalue weighted by atomic mass is 9.79. The fourth-order valence-corrected chi connectivity index (χ4v) is 8.27. The SMILES string of the molecule is CC1(C)c2cc(-c3ccc4c5c(cccc35)-c3ccccc3O4)ccc2-c2c1cc1ccccc1c2-c1cccc2ccccc12. The van der Waals surface area contributed by atoms with E-state index in [0.717, 1.165) is 17.1 Å². The summed E-state index contributed by atoms with van der Waals surface area (Å²) in [4.78, 5) is 0. The van der Waals surface area contributed by atoms with Crippen molar-refractivity contribution in [3.05, 3.63) is 157 Å². The summed E-state index contributed by atoms with van der Waals surface area (Å²) in [5.41, 5.74) is 12.8. The number of benzene rings is 8. The van der Waals surface area contributed by atoms with Gasteiger partial charge in [-0.3, -0.25) is 0 Å². The van der Waals surface area contributed by atoms with Gasteiger partial charge in [-0.05, 0) is 101 Å². The summed E-state index contributed by atoms with van der Waals surface area (Å²) in [6, 6.07) is 53.4. The maximum Gasteiger partial charge on any atom is 0.135 e. The second-order valence-corrected chi connectivity index (χ2v) is 13.2. The monoisotopic (exact) mass is 586 g/mol. The molecule has 1 aliphatic carbocycles. The van der Waals surface area contributed by atoms with Gasteiger partial charge in [0, 0.05) is 16.4 Å². The minimum absolute atomic E-state index is 0.168. The van der Waals surface area contributed by atoms with Gasteiger partial charge in [0.05, 0.1) is 0 Å². The van der Waals surface area contributed by atoms with E-state index >= 15 is 0 Å². The Labute approximate surface area is 268 Å². The van der Waals surface area contributed by atoms with E-state index in [1.54, 1.807) is 0 Å². The first-order chi connectivity index (χ1) is 22.6. The molecule has 1 heteroatoms. The summed E-state index contributed by atoms with van der Waals surface area (Å²) in [5, 5.41) is 7.55. The third-order valence-electron chi connectivity index (χ3n) is 10.5. The molecule has 0 saturated heterocycles. The van der Waals surface area contributed by atoms with Crippen LogP contribution in [-0.4, -0.2) is 0 Å². The van der Waals surface area contributed by atoms with Crippen LogP contribution < -0.4 is 4.74 Å². The highest BCUT2D eigenvalue weighted by molar-refractivity contribution is 6.14. The van der Waals surface area contributed by atoms with Crippen molar-refractivity contribution in [3.63, 3.8) is 0 Å². The summed E-state index contributed by atoms with van der Waals surface area (Å²) in [7, 11) is 0. The molecule has 8 aromatic rings. The van der Waals surface area contributed by atoms with Crippen molar-refractivity contribution in [1.82, 2.24) is 0 Å². The minimum Gasteiger partial charge on any atom is -0.456 e. The van der Waals surface area contributed by atoms with Crippen LogP contribution in [0.3, 0.4) is 0 Å². The molecule has 0 amide bonds. The topological polar surface area (TPSA) is 9.23 Å². The van der Waals surface area contributed by atoms with Crippen LogP contribution in [0.4, 0.5) is 0 Å². The fourth-order valence-electron chi connectivity index (χ4n) is 8.27. The van der Waals surface area contributed by atoms with E-state index in [4.69, 9.17) is 4.74 Å². The Morgan fingerprint density at radius 3 is 2.00 bits per heavy atom. The molecule has 0 aromatic heterocycles. The highest BCUT2D eigenvalue weighted by atomic mass is 16.5. The summed E-state index contributed by atoms with van der Waals surface area (Å²) in [6.07, 6.45) is 0. The zero-order valence-corrected chi connectivity index (χ0v) is 25.8.